The Kier molecular flexibility index (Phi) is 6.34. The topological polar surface area (TPSA) is 27.7 Å². The summed E-state index contributed by atoms with van der Waals surface area (Å²) in [5.74, 6) is 0. The van der Waals surface area contributed by atoms with Crippen molar-refractivity contribution in [2.45, 2.75) is 25.9 Å². The molecule has 3 heteroatoms. The monoisotopic (exact) mass is 176 g/mol. The van der Waals surface area contributed by atoms with E-state index >= 15 is 0 Å². The van der Waals surface area contributed by atoms with Crippen molar-refractivity contribution in [1.82, 2.24) is 0 Å². The molecule has 0 aliphatic heterocycles. The summed E-state index contributed by atoms with van der Waals surface area (Å²) in [5.41, 5.74) is -0.145. The molecule has 0 aliphatic carbocycles. The SMILES string of the molecule is CCC(C)(COCCOC)OC. The molecule has 0 heterocycles. The first-order chi connectivity index (χ1) is 5.68. The van der Waals surface area contributed by atoms with Crippen LogP contribution >= 0.6 is 0 Å². The molecule has 12 heavy (non-hydrogen) atoms. The van der Waals surface area contributed by atoms with Gasteiger partial charge in [0, 0.05) is 14.2 Å². The van der Waals surface area contributed by atoms with Gasteiger partial charge >= 0.3 is 0 Å². The van der Waals surface area contributed by atoms with Crippen molar-refractivity contribution < 1.29 is 14.2 Å². The highest BCUT2D eigenvalue weighted by Crippen LogP contribution is 2.13. The van der Waals surface area contributed by atoms with Gasteiger partial charge in [0.1, 0.15) is 0 Å². The van der Waals surface area contributed by atoms with Gasteiger partial charge < -0.3 is 14.2 Å². The largest absolute Gasteiger partial charge is 0.382 e. The van der Waals surface area contributed by atoms with Crippen molar-refractivity contribution in [2.75, 3.05) is 34.0 Å². The Balaban J connectivity index is 3.45. The molecule has 0 fully saturated rings. The molecule has 0 aromatic heterocycles. The lowest BCUT2D eigenvalue weighted by Crippen LogP contribution is -2.32. The summed E-state index contributed by atoms with van der Waals surface area (Å²) in [4.78, 5) is 0. The molecule has 0 aliphatic rings. The van der Waals surface area contributed by atoms with E-state index < -0.39 is 0 Å². The third kappa shape index (κ3) is 4.70. The lowest BCUT2D eigenvalue weighted by Gasteiger charge is -2.26. The maximum atomic E-state index is 5.37. The average molecular weight is 176 g/mol. The fourth-order valence-corrected chi connectivity index (χ4v) is 0.736. The highest BCUT2D eigenvalue weighted by molar-refractivity contribution is 4.71. The predicted molar refractivity (Wildman–Crippen MR) is 48.4 cm³/mol. The van der Waals surface area contributed by atoms with Crippen LogP contribution in [-0.2, 0) is 14.2 Å². The molecule has 0 aromatic rings. The highest BCUT2D eigenvalue weighted by atomic mass is 16.5. The Hall–Kier alpha value is -0.120. The molecule has 1 unspecified atom stereocenters. The lowest BCUT2D eigenvalue weighted by molar-refractivity contribution is -0.0717. The Morgan fingerprint density at radius 3 is 2.25 bits per heavy atom. The fraction of sp³-hybridized carbons (Fsp3) is 1.00. The minimum atomic E-state index is -0.145. The number of rotatable bonds is 7. The van der Waals surface area contributed by atoms with Gasteiger partial charge in [0.2, 0.25) is 0 Å². The summed E-state index contributed by atoms with van der Waals surface area (Å²) in [6.07, 6.45) is 0.955. The Bertz CT molecular complexity index is 99.9. The molecule has 0 saturated heterocycles. The molecular weight excluding hydrogens is 156 g/mol. The summed E-state index contributed by atoms with van der Waals surface area (Å²) in [6, 6.07) is 0. The lowest BCUT2D eigenvalue weighted by atomic mass is 10.1. The van der Waals surface area contributed by atoms with E-state index in [9.17, 15) is 0 Å². The normalized spacial score (nSPS) is 16.0. The van der Waals surface area contributed by atoms with Gasteiger partial charge in [-0.2, -0.15) is 0 Å². The van der Waals surface area contributed by atoms with E-state index in [1.54, 1.807) is 14.2 Å². The molecular formula is C9H20O3. The summed E-state index contributed by atoms with van der Waals surface area (Å²) in [7, 11) is 3.38. The first-order valence-electron chi connectivity index (χ1n) is 4.30. The van der Waals surface area contributed by atoms with E-state index in [4.69, 9.17) is 14.2 Å². The minimum absolute atomic E-state index is 0.145. The van der Waals surface area contributed by atoms with Crippen molar-refractivity contribution >= 4 is 0 Å². The molecule has 0 aromatic carbocycles. The number of methoxy groups -OCH3 is 2. The second-order valence-electron chi connectivity index (χ2n) is 3.05. The molecule has 1 atom stereocenters. The van der Waals surface area contributed by atoms with Crippen LogP contribution in [0.1, 0.15) is 20.3 Å². The van der Waals surface area contributed by atoms with Crippen LogP contribution < -0.4 is 0 Å². The van der Waals surface area contributed by atoms with E-state index in [0.29, 0.717) is 19.8 Å². The van der Waals surface area contributed by atoms with Crippen LogP contribution in [0.3, 0.4) is 0 Å². The molecule has 74 valence electrons. The molecule has 0 N–H and O–H groups in total. The molecule has 0 rings (SSSR count). The second kappa shape index (κ2) is 6.40. The maximum absolute atomic E-state index is 5.37. The van der Waals surface area contributed by atoms with Gasteiger partial charge in [-0.3, -0.25) is 0 Å². The zero-order chi connectivity index (χ0) is 9.45. The van der Waals surface area contributed by atoms with E-state index in [-0.39, 0.29) is 5.60 Å². The van der Waals surface area contributed by atoms with E-state index in [1.165, 1.54) is 0 Å². The fourth-order valence-electron chi connectivity index (χ4n) is 0.736. The average Bonchev–Trinajstić information content (AvgIpc) is 2.12. The number of hydrogen-bond donors (Lipinski definition) is 0. The van der Waals surface area contributed by atoms with E-state index in [0.717, 1.165) is 6.42 Å². The smallest absolute Gasteiger partial charge is 0.0880 e. The van der Waals surface area contributed by atoms with Crippen LogP contribution in [0.5, 0.6) is 0 Å². The summed E-state index contributed by atoms with van der Waals surface area (Å²) in [6.45, 7) is 6.03. The van der Waals surface area contributed by atoms with Crippen LogP contribution in [0, 0.1) is 0 Å². The van der Waals surface area contributed by atoms with Gasteiger partial charge in [-0.15, -0.1) is 0 Å². The Labute approximate surface area is 75.0 Å². The van der Waals surface area contributed by atoms with Gasteiger partial charge in [0.05, 0.1) is 25.4 Å². The molecule has 0 radical (unpaired) electrons. The zero-order valence-corrected chi connectivity index (χ0v) is 8.55. The molecule has 0 bridgehead atoms. The van der Waals surface area contributed by atoms with Crippen LogP contribution in [-0.4, -0.2) is 39.6 Å². The van der Waals surface area contributed by atoms with Crippen LogP contribution in [0.15, 0.2) is 0 Å². The third-order valence-corrected chi connectivity index (χ3v) is 2.08. The van der Waals surface area contributed by atoms with Gasteiger partial charge in [0.15, 0.2) is 0 Å². The van der Waals surface area contributed by atoms with Crippen LogP contribution in [0.4, 0.5) is 0 Å². The maximum Gasteiger partial charge on any atom is 0.0880 e. The first-order valence-corrected chi connectivity index (χ1v) is 4.30. The zero-order valence-electron chi connectivity index (χ0n) is 8.55. The van der Waals surface area contributed by atoms with Crippen molar-refractivity contribution in [2.24, 2.45) is 0 Å². The van der Waals surface area contributed by atoms with Gasteiger partial charge in [-0.1, -0.05) is 6.92 Å². The molecule has 0 saturated carbocycles. The van der Waals surface area contributed by atoms with E-state index in [2.05, 4.69) is 6.92 Å². The highest BCUT2D eigenvalue weighted by Gasteiger charge is 2.20. The van der Waals surface area contributed by atoms with Crippen molar-refractivity contribution in [3.05, 3.63) is 0 Å². The summed E-state index contributed by atoms with van der Waals surface area (Å²) in [5, 5.41) is 0. The number of ether oxygens (including phenoxy) is 3. The molecule has 0 spiro atoms. The van der Waals surface area contributed by atoms with Crippen LogP contribution in [0.25, 0.3) is 0 Å². The first kappa shape index (κ1) is 11.9. The Morgan fingerprint density at radius 2 is 1.83 bits per heavy atom. The standard InChI is InChI=1S/C9H20O3/c1-5-9(2,11-4)8-12-7-6-10-3/h5-8H2,1-4H3. The Morgan fingerprint density at radius 1 is 1.17 bits per heavy atom. The van der Waals surface area contributed by atoms with Gasteiger partial charge in [-0.25, -0.2) is 0 Å². The van der Waals surface area contributed by atoms with Crippen molar-refractivity contribution in [3.63, 3.8) is 0 Å². The quantitative estimate of drug-likeness (QED) is 0.550. The summed E-state index contributed by atoms with van der Waals surface area (Å²) >= 11 is 0. The molecule has 0 amide bonds. The minimum Gasteiger partial charge on any atom is -0.382 e. The predicted octanol–water partition coefficient (Wildman–Crippen LogP) is 1.46. The second-order valence-corrected chi connectivity index (χ2v) is 3.05. The van der Waals surface area contributed by atoms with Crippen molar-refractivity contribution in [3.8, 4) is 0 Å². The van der Waals surface area contributed by atoms with Gasteiger partial charge in [-0.05, 0) is 13.3 Å². The number of hydrogen-bond acceptors (Lipinski definition) is 3. The van der Waals surface area contributed by atoms with Crippen LogP contribution in [0.2, 0.25) is 0 Å². The third-order valence-electron chi connectivity index (χ3n) is 2.08. The summed E-state index contributed by atoms with van der Waals surface area (Å²) < 4.78 is 15.5. The van der Waals surface area contributed by atoms with Crippen molar-refractivity contribution in [1.29, 1.82) is 0 Å². The molecule has 3 nitrogen and oxygen atoms in total. The van der Waals surface area contributed by atoms with Gasteiger partial charge in [0.25, 0.3) is 0 Å². The van der Waals surface area contributed by atoms with E-state index in [1.807, 2.05) is 6.92 Å².